The average molecular weight is 350 g/mol. The van der Waals surface area contributed by atoms with Gasteiger partial charge in [-0.15, -0.1) is 0 Å². The molecule has 1 aromatic rings. The number of urea groups is 1. The largest absolute Gasteiger partial charge is 0.338 e. The van der Waals surface area contributed by atoms with E-state index in [0.717, 1.165) is 0 Å². The van der Waals surface area contributed by atoms with Gasteiger partial charge in [-0.2, -0.15) is 0 Å². The first kappa shape index (κ1) is 18.9. The molecular weight excluding hydrogens is 327 g/mol. The third kappa shape index (κ3) is 5.82. The molecule has 0 radical (unpaired) electrons. The van der Waals surface area contributed by atoms with Crippen molar-refractivity contribution in [1.82, 2.24) is 20.4 Å². The summed E-state index contributed by atoms with van der Waals surface area (Å²) in [7, 11) is 0. The van der Waals surface area contributed by atoms with E-state index in [1.165, 1.54) is 18.2 Å². The Morgan fingerprint density at radius 2 is 1.96 bits per heavy atom. The van der Waals surface area contributed by atoms with Gasteiger partial charge in [-0.25, -0.2) is 9.18 Å². The minimum Gasteiger partial charge on any atom is -0.338 e. The van der Waals surface area contributed by atoms with Crippen LogP contribution >= 0.6 is 0 Å². The van der Waals surface area contributed by atoms with E-state index in [0.29, 0.717) is 44.7 Å². The second-order valence-corrected chi connectivity index (χ2v) is 5.84. The molecule has 136 valence electrons. The maximum absolute atomic E-state index is 13.3. The van der Waals surface area contributed by atoms with Gasteiger partial charge in [0.1, 0.15) is 5.82 Å². The van der Waals surface area contributed by atoms with Crippen LogP contribution in [0.15, 0.2) is 24.3 Å². The molecule has 0 unspecified atom stereocenters. The summed E-state index contributed by atoms with van der Waals surface area (Å²) >= 11 is 0. The van der Waals surface area contributed by atoms with Crippen molar-refractivity contribution in [2.24, 2.45) is 0 Å². The molecule has 7 nitrogen and oxygen atoms in total. The number of imide groups is 1. The topological polar surface area (TPSA) is 81.8 Å². The average Bonchev–Trinajstić information content (AvgIpc) is 2.79. The number of benzene rings is 1. The Morgan fingerprint density at radius 3 is 2.68 bits per heavy atom. The summed E-state index contributed by atoms with van der Waals surface area (Å²) < 4.78 is 13.3. The number of halogens is 1. The molecule has 1 aliphatic rings. The molecule has 25 heavy (non-hydrogen) atoms. The fourth-order valence-electron chi connectivity index (χ4n) is 2.71. The van der Waals surface area contributed by atoms with Crippen LogP contribution in [0.2, 0.25) is 0 Å². The Kier molecular flexibility index (Phi) is 6.88. The van der Waals surface area contributed by atoms with Crippen LogP contribution in [0.4, 0.5) is 9.18 Å². The lowest BCUT2D eigenvalue weighted by Crippen LogP contribution is -2.45. The van der Waals surface area contributed by atoms with E-state index >= 15 is 0 Å². The molecule has 0 aromatic heterocycles. The Hall–Kier alpha value is -2.48. The molecule has 0 atom stereocenters. The van der Waals surface area contributed by atoms with Gasteiger partial charge < -0.3 is 10.2 Å². The molecule has 4 amide bonds. The fourth-order valence-corrected chi connectivity index (χ4v) is 2.71. The summed E-state index contributed by atoms with van der Waals surface area (Å²) in [5, 5.41) is 4.76. The third-order valence-corrected chi connectivity index (χ3v) is 3.90. The molecule has 2 rings (SSSR count). The predicted octanol–water partition coefficient (Wildman–Crippen LogP) is 0.819. The van der Waals surface area contributed by atoms with Crippen LogP contribution in [-0.2, 0) is 4.79 Å². The highest BCUT2D eigenvalue weighted by atomic mass is 19.1. The quantitative estimate of drug-likeness (QED) is 0.842. The van der Waals surface area contributed by atoms with Crippen molar-refractivity contribution in [3.63, 3.8) is 0 Å². The van der Waals surface area contributed by atoms with E-state index in [2.05, 4.69) is 10.6 Å². The number of nitrogens with one attached hydrogen (secondary N) is 2. The highest BCUT2D eigenvalue weighted by molar-refractivity contribution is 5.95. The van der Waals surface area contributed by atoms with E-state index in [1.54, 1.807) is 17.9 Å². The van der Waals surface area contributed by atoms with Gasteiger partial charge in [0.25, 0.3) is 5.91 Å². The molecule has 2 N–H and O–H groups in total. The molecule has 0 bridgehead atoms. The Labute approximate surface area is 146 Å². The second-order valence-electron chi connectivity index (χ2n) is 5.84. The molecule has 0 aliphatic carbocycles. The van der Waals surface area contributed by atoms with Gasteiger partial charge in [-0.1, -0.05) is 6.07 Å². The van der Waals surface area contributed by atoms with Gasteiger partial charge in [0, 0.05) is 38.3 Å². The lowest BCUT2D eigenvalue weighted by molar-refractivity contribution is -0.121. The van der Waals surface area contributed by atoms with Crippen LogP contribution in [0.1, 0.15) is 23.7 Å². The van der Waals surface area contributed by atoms with Crippen molar-refractivity contribution in [2.45, 2.75) is 13.3 Å². The van der Waals surface area contributed by atoms with E-state index < -0.39 is 11.8 Å². The van der Waals surface area contributed by atoms with E-state index in [9.17, 15) is 18.8 Å². The highest BCUT2D eigenvalue weighted by Gasteiger charge is 2.22. The van der Waals surface area contributed by atoms with Crippen molar-refractivity contribution < 1.29 is 18.8 Å². The molecule has 0 saturated carbocycles. The summed E-state index contributed by atoms with van der Waals surface area (Å²) in [5.41, 5.74) is 0.322. The fraction of sp³-hybridized carbons (Fsp3) is 0.471. The van der Waals surface area contributed by atoms with E-state index in [4.69, 9.17) is 0 Å². The molecule has 0 spiro atoms. The lowest BCUT2D eigenvalue weighted by atomic mass is 10.2. The number of hydrogen-bond donors (Lipinski definition) is 2. The summed E-state index contributed by atoms with van der Waals surface area (Å²) in [6.45, 7) is 4.47. The van der Waals surface area contributed by atoms with E-state index in [1.807, 2.05) is 4.90 Å². The zero-order valence-electron chi connectivity index (χ0n) is 14.3. The van der Waals surface area contributed by atoms with Crippen LogP contribution in [0.25, 0.3) is 0 Å². The van der Waals surface area contributed by atoms with Crippen molar-refractivity contribution in [3.8, 4) is 0 Å². The minimum atomic E-state index is -0.509. The smallest absolute Gasteiger partial charge is 0.321 e. The first-order valence-electron chi connectivity index (χ1n) is 8.34. The van der Waals surface area contributed by atoms with Crippen LogP contribution in [0, 0.1) is 5.82 Å². The molecule has 1 aliphatic heterocycles. The molecule has 1 heterocycles. The van der Waals surface area contributed by atoms with E-state index in [-0.39, 0.29) is 18.4 Å². The number of nitrogens with zero attached hydrogens (tertiary/aromatic N) is 2. The highest BCUT2D eigenvalue weighted by Crippen LogP contribution is 2.10. The van der Waals surface area contributed by atoms with Crippen molar-refractivity contribution in [2.75, 3.05) is 39.3 Å². The van der Waals surface area contributed by atoms with Crippen molar-refractivity contribution >= 4 is 17.8 Å². The number of hydrogen-bond acceptors (Lipinski definition) is 4. The summed E-state index contributed by atoms with van der Waals surface area (Å²) in [5.74, 6) is -1.03. The first-order chi connectivity index (χ1) is 12.0. The molecule has 8 heteroatoms. The molecule has 1 aromatic carbocycles. The SMILES string of the molecule is CCNC(=O)NC(=O)CN1CCCN(C(=O)c2cccc(F)c2)CC1. The van der Waals surface area contributed by atoms with Crippen LogP contribution < -0.4 is 10.6 Å². The van der Waals surface area contributed by atoms with Crippen LogP contribution in [-0.4, -0.2) is 66.9 Å². The lowest BCUT2D eigenvalue weighted by Gasteiger charge is -2.21. The summed E-state index contributed by atoms with van der Waals surface area (Å²) in [4.78, 5) is 39.2. The molecule has 1 fully saturated rings. The molecule has 1 saturated heterocycles. The predicted molar refractivity (Wildman–Crippen MR) is 90.6 cm³/mol. The summed E-state index contributed by atoms with van der Waals surface area (Å²) in [6.07, 6.45) is 0.704. The number of carbonyl (C=O) groups excluding carboxylic acids is 3. The van der Waals surface area contributed by atoms with Crippen molar-refractivity contribution in [3.05, 3.63) is 35.6 Å². The minimum absolute atomic E-state index is 0.0964. The van der Waals surface area contributed by atoms with Crippen LogP contribution in [0.3, 0.4) is 0 Å². The Morgan fingerprint density at radius 1 is 1.16 bits per heavy atom. The monoisotopic (exact) mass is 350 g/mol. The standard InChI is InChI=1S/C17H23FN4O3/c1-2-19-17(25)20-15(23)12-21-7-4-8-22(10-9-21)16(24)13-5-3-6-14(18)11-13/h3,5-6,11H,2,4,7-10,12H2,1H3,(H2,19,20,23,25). The zero-order chi connectivity index (χ0) is 18.2. The third-order valence-electron chi connectivity index (χ3n) is 3.90. The number of rotatable bonds is 4. The maximum atomic E-state index is 13.3. The van der Waals surface area contributed by atoms with Gasteiger partial charge in [-0.05, 0) is 31.5 Å². The van der Waals surface area contributed by atoms with Crippen LogP contribution in [0.5, 0.6) is 0 Å². The maximum Gasteiger partial charge on any atom is 0.321 e. The van der Waals surface area contributed by atoms with Gasteiger partial charge >= 0.3 is 6.03 Å². The molecular formula is C17H23FN4O3. The Bertz CT molecular complexity index is 638. The van der Waals surface area contributed by atoms with Gasteiger partial charge in [0.2, 0.25) is 5.91 Å². The van der Waals surface area contributed by atoms with Gasteiger partial charge in [0.05, 0.1) is 6.54 Å². The number of carbonyl (C=O) groups is 3. The zero-order valence-corrected chi connectivity index (χ0v) is 14.3. The number of amides is 4. The first-order valence-corrected chi connectivity index (χ1v) is 8.34. The van der Waals surface area contributed by atoms with Gasteiger partial charge in [-0.3, -0.25) is 19.8 Å². The summed E-state index contributed by atoms with van der Waals surface area (Å²) in [6, 6.07) is 5.12. The normalized spacial score (nSPS) is 15.4. The van der Waals surface area contributed by atoms with Crippen molar-refractivity contribution in [1.29, 1.82) is 0 Å². The Balaban J connectivity index is 1.86. The van der Waals surface area contributed by atoms with Gasteiger partial charge in [0.15, 0.2) is 0 Å². The second kappa shape index (κ2) is 9.12.